The Morgan fingerprint density at radius 3 is 2.58 bits per heavy atom. The van der Waals surface area contributed by atoms with Crippen LogP contribution in [0, 0.1) is 5.92 Å². The number of nitrogens with zero attached hydrogens (tertiary/aromatic N) is 1. The summed E-state index contributed by atoms with van der Waals surface area (Å²) in [6.45, 7) is 0. The highest BCUT2D eigenvalue weighted by Gasteiger charge is 2.46. The third-order valence-electron chi connectivity index (χ3n) is 3.53. The summed E-state index contributed by atoms with van der Waals surface area (Å²) in [5, 5.41) is 1.28. The molecule has 0 aliphatic heterocycles. The van der Waals surface area contributed by atoms with Gasteiger partial charge in [-0.2, -0.15) is 0 Å². The molecule has 5 heteroatoms. The van der Waals surface area contributed by atoms with Gasteiger partial charge in [0.2, 0.25) is 5.91 Å². The number of ether oxygens (including phenoxy) is 2. The minimum absolute atomic E-state index is 0.00243. The van der Waals surface area contributed by atoms with Crippen LogP contribution in [0.3, 0.4) is 0 Å². The lowest BCUT2D eigenvalue weighted by molar-refractivity contribution is -0.170. The molecular formula is C14H19NO4. The molecule has 0 heterocycles. The fourth-order valence-electron chi connectivity index (χ4n) is 2.26. The number of rotatable bonds is 5. The Morgan fingerprint density at radius 1 is 1.26 bits per heavy atom. The molecule has 2 atom stereocenters. The molecule has 1 aliphatic rings. The van der Waals surface area contributed by atoms with Gasteiger partial charge in [0.1, 0.15) is 11.5 Å². The van der Waals surface area contributed by atoms with E-state index in [0.29, 0.717) is 0 Å². The van der Waals surface area contributed by atoms with Crippen LogP contribution in [0.15, 0.2) is 18.2 Å². The third kappa shape index (κ3) is 2.66. The zero-order valence-corrected chi connectivity index (χ0v) is 11.7. The van der Waals surface area contributed by atoms with Crippen molar-refractivity contribution in [3.05, 3.63) is 23.8 Å². The van der Waals surface area contributed by atoms with Gasteiger partial charge in [-0.3, -0.25) is 9.63 Å². The highest BCUT2D eigenvalue weighted by atomic mass is 16.7. The average Bonchev–Trinajstić information content (AvgIpc) is 3.25. The largest absolute Gasteiger partial charge is 0.497 e. The maximum absolute atomic E-state index is 12.0. The van der Waals surface area contributed by atoms with E-state index in [1.807, 2.05) is 18.2 Å². The van der Waals surface area contributed by atoms with Crippen molar-refractivity contribution < 1.29 is 19.1 Å². The highest BCUT2D eigenvalue weighted by molar-refractivity contribution is 5.82. The molecule has 0 spiro atoms. The van der Waals surface area contributed by atoms with Gasteiger partial charge in [0, 0.05) is 24.4 Å². The Balaban J connectivity index is 2.18. The van der Waals surface area contributed by atoms with Crippen molar-refractivity contribution in [3.63, 3.8) is 0 Å². The zero-order chi connectivity index (χ0) is 14.0. The maximum atomic E-state index is 12.0. The van der Waals surface area contributed by atoms with Crippen LogP contribution in [0.25, 0.3) is 0 Å². The molecule has 1 aromatic carbocycles. The van der Waals surface area contributed by atoms with Crippen LogP contribution in [0.4, 0.5) is 0 Å². The van der Waals surface area contributed by atoms with E-state index in [4.69, 9.17) is 14.3 Å². The quantitative estimate of drug-likeness (QED) is 0.762. The van der Waals surface area contributed by atoms with E-state index >= 15 is 0 Å². The summed E-state index contributed by atoms with van der Waals surface area (Å²) in [4.78, 5) is 16.9. The fraction of sp³-hybridized carbons (Fsp3) is 0.500. The van der Waals surface area contributed by atoms with Crippen LogP contribution in [-0.4, -0.2) is 39.3 Å². The second-order valence-corrected chi connectivity index (χ2v) is 4.57. The lowest BCUT2D eigenvalue weighted by Gasteiger charge is -2.14. The highest BCUT2D eigenvalue weighted by Crippen LogP contribution is 2.51. The molecule has 0 N–H and O–H groups in total. The van der Waals surface area contributed by atoms with Gasteiger partial charge in [0.25, 0.3) is 0 Å². The second kappa shape index (κ2) is 5.48. The van der Waals surface area contributed by atoms with Gasteiger partial charge < -0.3 is 9.47 Å². The number of hydroxylamine groups is 2. The lowest BCUT2D eigenvalue weighted by atomic mass is 10.1. The van der Waals surface area contributed by atoms with Crippen molar-refractivity contribution in [1.82, 2.24) is 5.06 Å². The van der Waals surface area contributed by atoms with Crippen LogP contribution in [-0.2, 0) is 9.63 Å². The van der Waals surface area contributed by atoms with Gasteiger partial charge in [0.15, 0.2) is 0 Å². The first-order chi connectivity index (χ1) is 9.12. The second-order valence-electron chi connectivity index (χ2n) is 4.57. The molecule has 1 aromatic rings. The minimum atomic E-state index is -0.0362. The van der Waals surface area contributed by atoms with E-state index in [1.54, 1.807) is 21.3 Å². The standard InChI is InChI=1S/C14H19NO4/c1-15(19-4)14(16)12-8-10(12)11-7-9(17-2)5-6-13(11)18-3/h5-7,10,12H,8H2,1-4H3. The molecule has 104 valence electrons. The molecule has 1 aliphatic carbocycles. The van der Waals surface area contributed by atoms with E-state index < -0.39 is 0 Å². The Kier molecular flexibility index (Phi) is 3.95. The number of carbonyl (C=O) groups is 1. The average molecular weight is 265 g/mol. The number of carbonyl (C=O) groups excluding carboxylic acids is 1. The van der Waals surface area contributed by atoms with Crippen molar-refractivity contribution in [2.24, 2.45) is 5.92 Å². The third-order valence-corrected chi connectivity index (χ3v) is 3.53. The van der Waals surface area contributed by atoms with E-state index in [9.17, 15) is 4.79 Å². The summed E-state index contributed by atoms with van der Waals surface area (Å²) >= 11 is 0. The first-order valence-electron chi connectivity index (χ1n) is 6.16. The molecule has 0 aromatic heterocycles. The molecule has 0 saturated heterocycles. The van der Waals surface area contributed by atoms with E-state index in [2.05, 4.69) is 0 Å². The zero-order valence-electron chi connectivity index (χ0n) is 11.7. The minimum Gasteiger partial charge on any atom is -0.497 e. The Hall–Kier alpha value is -1.75. The van der Waals surface area contributed by atoms with Gasteiger partial charge in [-0.15, -0.1) is 0 Å². The smallest absolute Gasteiger partial charge is 0.249 e. The summed E-state index contributed by atoms with van der Waals surface area (Å²) in [5.74, 6) is 1.70. The molecule has 0 radical (unpaired) electrons. The van der Waals surface area contributed by atoms with Crippen molar-refractivity contribution in [2.45, 2.75) is 12.3 Å². The Bertz CT molecular complexity index is 475. The summed E-state index contributed by atoms with van der Waals surface area (Å²) < 4.78 is 10.6. The first kappa shape index (κ1) is 13.7. The molecular weight excluding hydrogens is 246 g/mol. The van der Waals surface area contributed by atoms with E-state index in [0.717, 1.165) is 23.5 Å². The number of hydrogen-bond donors (Lipinski definition) is 0. The fourth-order valence-corrected chi connectivity index (χ4v) is 2.26. The first-order valence-corrected chi connectivity index (χ1v) is 6.16. The van der Waals surface area contributed by atoms with Gasteiger partial charge >= 0.3 is 0 Å². The molecule has 1 amide bonds. The predicted octanol–water partition coefficient (Wildman–Crippen LogP) is 1.83. The van der Waals surface area contributed by atoms with Crippen molar-refractivity contribution in [3.8, 4) is 11.5 Å². The van der Waals surface area contributed by atoms with Gasteiger partial charge in [-0.25, -0.2) is 5.06 Å². The van der Waals surface area contributed by atoms with Crippen LogP contribution >= 0.6 is 0 Å². The monoisotopic (exact) mass is 265 g/mol. The summed E-state index contributed by atoms with van der Waals surface area (Å²) in [6.07, 6.45) is 0.816. The van der Waals surface area contributed by atoms with E-state index in [-0.39, 0.29) is 17.7 Å². The van der Waals surface area contributed by atoms with Crippen molar-refractivity contribution in [2.75, 3.05) is 28.4 Å². The molecule has 1 fully saturated rings. The lowest BCUT2D eigenvalue weighted by Crippen LogP contribution is -2.27. The van der Waals surface area contributed by atoms with Crippen LogP contribution < -0.4 is 9.47 Å². The molecule has 2 rings (SSSR count). The number of hydrogen-bond acceptors (Lipinski definition) is 4. The number of methoxy groups -OCH3 is 2. The Labute approximate surface area is 113 Å². The summed E-state index contributed by atoms with van der Waals surface area (Å²) in [7, 11) is 6.37. The number of amides is 1. The van der Waals surface area contributed by atoms with Crippen molar-refractivity contribution in [1.29, 1.82) is 0 Å². The Morgan fingerprint density at radius 2 is 2.00 bits per heavy atom. The molecule has 5 nitrogen and oxygen atoms in total. The van der Waals surface area contributed by atoms with Gasteiger partial charge in [-0.1, -0.05) is 0 Å². The topological polar surface area (TPSA) is 48.0 Å². The normalized spacial score (nSPS) is 20.8. The van der Waals surface area contributed by atoms with Crippen LogP contribution in [0.5, 0.6) is 11.5 Å². The summed E-state index contributed by atoms with van der Waals surface area (Å²) in [6, 6.07) is 5.65. The molecule has 1 saturated carbocycles. The van der Waals surface area contributed by atoms with E-state index in [1.165, 1.54) is 12.2 Å². The summed E-state index contributed by atoms with van der Waals surface area (Å²) in [5.41, 5.74) is 1.02. The SMILES string of the molecule is COc1ccc(OC)c(C2CC2C(=O)N(C)OC)c1. The van der Waals surface area contributed by atoms with Crippen LogP contribution in [0.2, 0.25) is 0 Å². The molecule has 2 unspecified atom stereocenters. The number of benzene rings is 1. The van der Waals surface area contributed by atoms with Crippen molar-refractivity contribution >= 4 is 5.91 Å². The maximum Gasteiger partial charge on any atom is 0.249 e. The van der Waals surface area contributed by atoms with Gasteiger partial charge in [-0.05, 0) is 24.6 Å². The molecule has 19 heavy (non-hydrogen) atoms. The van der Waals surface area contributed by atoms with Crippen LogP contribution in [0.1, 0.15) is 17.9 Å². The molecule has 0 bridgehead atoms. The predicted molar refractivity (Wildman–Crippen MR) is 70.2 cm³/mol. The van der Waals surface area contributed by atoms with Gasteiger partial charge in [0.05, 0.1) is 21.3 Å².